The molecular formula is C13H18BrNO2. The number of benzene rings is 1. The SMILES string of the molecule is CCc1cc(Br)ccc1NCCCCC(=O)O. The Morgan fingerprint density at radius 3 is 2.82 bits per heavy atom. The molecule has 0 radical (unpaired) electrons. The molecule has 0 saturated carbocycles. The molecule has 1 aromatic carbocycles. The smallest absolute Gasteiger partial charge is 0.303 e. The highest BCUT2D eigenvalue weighted by Gasteiger charge is 2.01. The molecule has 0 aliphatic heterocycles. The molecule has 0 bridgehead atoms. The van der Waals surface area contributed by atoms with Gasteiger partial charge in [0, 0.05) is 23.1 Å². The molecule has 0 aromatic heterocycles. The van der Waals surface area contributed by atoms with E-state index >= 15 is 0 Å². The third-order valence-corrected chi connectivity index (χ3v) is 3.07. The fourth-order valence-electron chi connectivity index (χ4n) is 1.65. The zero-order chi connectivity index (χ0) is 12.7. The summed E-state index contributed by atoms with van der Waals surface area (Å²) < 4.78 is 1.09. The van der Waals surface area contributed by atoms with Crippen LogP contribution in [0.3, 0.4) is 0 Å². The lowest BCUT2D eigenvalue weighted by Gasteiger charge is -2.11. The highest BCUT2D eigenvalue weighted by Crippen LogP contribution is 2.21. The van der Waals surface area contributed by atoms with Gasteiger partial charge in [-0.3, -0.25) is 4.79 Å². The van der Waals surface area contributed by atoms with Crippen LogP contribution in [0.15, 0.2) is 22.7 Å². The number of carboxylic acid groups (broad SMARTS) is 1. The molecule has 0 aliphatic rings. The molecule has 1 rings (SSSR count). The Morgan fingerprint density at radius 2 is 2.18 bits per heavy atom. The standard InChI is InChI=1S/C13H18BrNO2/c1-2-10-9-11(14)6-7-12(10)15-8-4-3-5-13(16)17/h6-7,9,15H,2-5,8H2,1H3,(H,16,17). The molecule has 0 atom stereocenters. The first-order valence-electron chi connectivity index (χ1n) is 5.87. The molecule has 0 fully saturated rings. The van der Waals surface area contributed by atoms with Gasteiger partial charge >= 0.3 is 5.97 Å². The fraction of sp³-hybridized carbons (Fsp3) is 0.462. The van der Waals surface area contributed by atoms with Crippen LogP contribution in [0.1, 0.15) is 31.7 Å². The minimum atomic E-state index is -0.720. The number of aliphatic carboxylic acids is 1. The van der Waals surface area contributed by atoms with Gasteiger partial charge in [0.2, 0.25) is 0 Å². The van der Waals surface area contributed by atoms with Crippen molar-refractivity contribution in [3.63, 3.8) is 0 Å². The van der Waals surface area contributed by atoms with Gasteiger partial charge in [0.05, 0.1) is 0 Å². The molecular weight excluding hydrogens is 282 g/mol. The fourth-order valence-corrected chi connectivity index (χ4v) is 2.06. The maximum absolute atomic E-state index is 10.3. The maximum Gasteiger partial charge on any atom is 0.303 e. The van der Waals surface area contributed by atoms with Gasteiger partial charge in [-0.25, -0.2) is 0 Å². The molecule has 0 heterocycles. The Balaban J connectivity index is 2.38. The van der Waals surface area contributed by atoms with Gasteiger partial charge < -0.3 is 10.4 Å². The van der Waals surface area contributed by atoms with Crippen molar-refractivity contribution in [3.05, 3.63) is 28.2 Å². The maximum atomic E-state index is 10.3. The van der Waals surface area contributed by atoms with Crippen LogP contribution >= 0.6 is 15.9 Å². The van der Waals surface area contributed by atoms with Gasteiger partial charge in [-0.1, -0.05) is 22.9 Å². The van der Waals surface area contributed by atoms with Crippen LogP contribution in [0.5, 0.6) is 0 Å². The predicted molar refractivity (Wildman–Crippen MR) is 73.5 cm³/mol. The van der Waals surface area contributed by atoms with Crippen molar-refractivity contribution in [1.82, 2.24) is 0 Å². The van der Waals surface area contributed by atoms with E-state index in [4.69, 9.17) is 5.11 Å². The zero-order valence-electron chi connectivity index (χ0n) is 10.0. The van der Waals surface area contributed by atoms with E-state index in [1.54, 1.807) is 0 Å². The number of hydrogen-bond donors (Lipinski definition) is 2. The minimum Gasteiger partial charge on any atom is -0.481 e. The van der Waals surface area contributed by atoms with E-state index in [0.717, 1.165) is 36.0 Å². The molecule has 0 spiro atoms. The van der Waals surface area contributed by atoms with Crippen molar-refractivity contribution < 1.29 is 9.90 Å². The van der Waals surface area contributed by atoms with Crippen molar-refractivity contribution in [2.75, 3.05) is 11.9 Å². The number of unbranched alkanes of at least 4 members (excludes halogenated alkanes) is 1. The Bertz CT molecular complexity index is 380. The minimum absolute atomic E-state index is 0.253. The van der Waals surface area contributed by atoms with E-state index in [-0.39, 0.29) is 6.42 Å². The Kier molecular flexibility index (Phi) is 6.05. The van der Waals surface area contributed by atoms with Crippen molar-refractivity contribution in [2.45, 2.75) is 32.6 Å². The Morgan fingerprint density at radius 1 is 1.41 bits per heavy atom. The lowest BCUT2D eigenvalue weighted by Crippen LogP contribution is -2.05. The monoisotopic (exact) mass is 299 g/mol. The molecule has 0 saturated heterocycles. The predicted octanol–water partition coefficient (Wildman–Crippen LogP) is 3.68. The molecule has 3 nitrogen and oxygen atoms in total. The van der Waals surface area contributed by atoms with E-state index in [0.29, 0.717) is 0 Å². The number of carbonyl (C=O) groups is 1. The van der Waals surface area contributed by atoms with Gasteiger partial charge in [-0.05, 0) is 43.0 Å². The normalized spacial score (nSPS) is 10.2. The first kappa shape index (κ1) is 14.0. The molecule has 1 aromatic rings. The summed E-state index contributed by atoms with van der Waals surface area (Å²) in [5.41, 5.74) is 2.42. The van der Waals surface area contributed by atoms with Crippen molar-refractivity contribution >= 4 is 27.6 Å². The summed E-state index contributed by atoms with van der Waals surface area (Å²) in [5.74, 6) is -0.720. The summed E-state index contributed by atoms with van der Waals surface area (Å²) in [6.07, 6.45) is 2.84. The van der Waals surface area contributed by atoms with Crippen molar-refractivity contribution in [3.8, 4) is 0 Å². The summed E-state index contributed by atoms with van der Waals surface area (Å²) in [7, 11) is 0. The highest BCUT2D eigenvalue weighted by molar-refractivity contribution is 9.10. The lowest BCUT2D eigenvalue weighted by molar-refractivity contribution is -0.137. The number of anilines is 1. The van der Waals surface area contributed by atoms with E-state index < -0.39 is 5.97 Å². The van der Waals surface area contributed by atoms with Crippen LogP contribution in [-0.2, 0) is 11.2 Å². The van der Waals surface area contributed by atoms with Crippen LogP contribution in [0.4, 0.5) is 5.69 Å². The molecule has 17 heavy (non-hydrogen) atoms. The number of nitrogens with one attached hydrogen (secondary N) is 1. The van der Waals surface area contributed by atoms with E-state index in [2.05, 4.69) is 40.3 Å². The van der Waals surface area contributed by atoms with Crippen molar-refractivity contribution in [2.24, 2.45) is 0 Å². The molecule has 94 valence electrons. The third kappa shape index (κ3) is 5.22. The zero-order valence-corrected chi connectivity index (χ0v) is 11.6. The van der Waals surface area contributed by atoms with Gasteiger partial charge in [0.15, 0.2) is 0 Å². The largest absolute Gasteiger partial charge is 0.481 e. The molecule has 0 amide bonds. The Labute approximate surface area is 110 Å². The molecule has 2 N–H and O–H groups in total. The third-order valence-electron chi connectivity index (χ3n) is 2.58. The molecule has 0 aliphatic carbocycles. The lowest BCUT2D eigenvalue weighted by atomic mass is 10.1. The quantitative estimate of drug-likeness (QED) is 0.755. The van der Waals surface area contributed by atoms with Gasteiger partial charge in [0.1, 0.15) is 0 Å². The first-order valence-corrected chi connectivity index (χ1v) is 6.67. The van der Waals surface area contributed by atoms with E-state index in [9.17, 15) is 4.79 Å². The van der Waals surface area contributed by atoms with E-state index in [1.165, 1.54) is 5.56 Å². The summed E-state index contributed by atoms with van der Waals surface area (Å²) in [6.45, 7) is 2.94. The average Bonchev–Trinajstić information content (AvgIpc) is 2.29. The highest BCUT2D eigenvalue weighted by atomic mass is 79.9. The van der Waals surface area contributed by atoms with Gasteiger partial charge in [-0.2, -0.15) is 0 Å². The summed E-state index contributed by atoms with van der Waals surface area (Å²) in [5, 5.41) is 11.9. The number of rotatable bonds is 7. The second-order valence-electron chi connectivity index (χ2n) is 3.93. The number of hydrogen-bond acceptors (Lipinski definition) is 2. The van der Waals surface area contributed by atoms with Gasteiger partial charge in [-0.15, -0.1) is 0 Å². The Hall–Kier alpha value is -1.03. The van der Waals surface area contributed by atoms with Crippen LogP contribution in [0.2, 0.25) is 0 Å². The molecule has 0 unspecified atom stereocenters. The van der Waals surface area contributed by atoms with Gasteiger partial charge in [0.25, 0.3) is 0 Å². The number of carboxylic acids is 1. The second-order valence-corrected chi connectivity index (χ2v) is 4.85. The number of aryl methyl sites for hydroxylation is 1. The summed E-state index contributed by atoms with van der Waals surface area (Å²) >= 11 is 3.45. The van der Waals surface area contributed by atoms with Crippen LogP contribution < -0.4 is 5.32 Å². The average molecular weight is 300 g/mol. The summed E-state index contributed by atoms with van der Waals surface area (Å²) in [6, 6.07) is 6.18. The number of halogens is 1. The van der Waals surface area contributed by atoms with Crippen LogP contribution in [0.25, 0.3) is 0 Å². The molecule has 4 heteroatoms. The van der Waals surface area contributed by atoms with Crippen molar-refractivity contribution in [1.29, 1.82) is 0 Å². The summed E-state index contributed by atoms with van der Waals surface area (Å²) in [4.78, 5) is 10.3. The topological polar surface area (TPSA) is 49.3 Å². The first-order chi connectivity index (χ1) is 8.13. The van der Waals surface area contributed by atoms with E-state index in [1.807, 2.05) is 6.07 Å². The van der Waals surface area contributed by atoms with Crippen LogP contribution in [-0.4, -0.2) is 17.6 Å². The second kappa shape index (κ2) is 7.33. The van der Waals surface area contributed by atoms with Crippen LogP contribution in [0, 0.1) is 0 Å².